The lowest BCUT2D eigenvalue weighted by Gasteiger charge is -2.33. The third-order valence-corrected chi connectivity index (χ3v) is 5.69. The number of sulfonamides is 1. The minimum atomic E-state index is -3.56. The maximum atomic E-state index is 12.9. The number of hydrogen-bond donors (Lipinski definition) is 1. The molecule has 1 aromatic carbocycles. The highest BCUT2D eigenvalue weighted by atomic mass is 32.2. The second-order valence-electron chi connectivity index (χ2n) is 5.04. The first-order chi connectivity index (χ1) is 10.1. The summed E-state index contributed by atoms with van der Waals surface area (Å²) in [6.45, 7) is 3.69. The van der Waals surface area contributed by atoms with Crippen molar-refractivity contribution in [3.8, 4) is 11.3 Å². The molecule has 1 saturated heterocycles. The first-order valence-electron chi connectivity index (χ1n) is 6.83. The molecule has 0 spiro atoms. The summed E-state index contributed by atoms with van der Waals surface area (Å²) >= 11 is 0. The van der Waals surface area contributed by atoms with Gasteiger partial charge in [-0.05, 0) is 19.1 Å². The van der Waals surface area contributed by atoms with Crippen molar-refractivity contribution in [2.75, 3.05) is 19.6 Å². The van der Waals surface area contributed by atoms with Crippen LogP contribution in [-0.4, -0.2) is 43.6 Å². The van der Waals surface area contributed by atoms with E-state index in [4.69, 9.17) is 4.52 Å². The van der Waals surface area contributed by atoms with E-state index >= 15 is 0 Å². The van der Waals surface area contributed by atoms with Gasteiger partial charge in [-0.1, -0.05) is 17.3 Å². The first kappa shape index (κ1) is 14.2. The van der Waals surface area contributed by atoms with Crippen LogP contribution in [0.5, 0.6) is 0 Å². The monoisotopic (exact) mass is 307 g/mol. The van der Waals surface area contributed by atoms with E-state index in [-0.39, 0.29) is 10.9 Å². The van der Waals surface area contributed by atoms with Gasteiger partial charge in [0, 0.05) is 37.3 Å². The number of aromatic nitrogens is 1. The summed E-state index contributed by atoms with van der Waals surface area (Å²) in [6, 6.07) is 8.45. The highest BCUT2D eigenvalue weighted by Crippen LogP contribution is 2.30. The molecule has 1 fully saturated rings. The van der Waals surface area contributed by atoms with Crippen LogP contribution in [-0.2, 0) is 10.0 Å². The summed E-state index contributed by atoms with van der Waals surface area (Å²) in [7, 11) is -3.56. The lowest BCUT2D eigenvalue weighted by Crippen LogP contribution is -2.52. The van der Waals surface area contributed by atoms with Crippen molar-refractivity contribution in [3.63, 3.8) is 0 Å². The molecule has 7 heteroatoms. The normalized spacial score (nSPS) is 20.5. The van der Waals surface area contributed by atoms with Crippen LogP contribution in [0, 0.1) is 0 Å². The maximum absolute atomic E-state index is 12.9. The van der Waals surface area contributed by atoms with Crippen molar-refractivity contribution < 1.29 is 12.9 Å². The van der Waals surface area contributed by atoms with E-state index in [1.54, 1.807) is 34.6 Å². The van der Waals surface area contributed by atoms with Crippen LogP contribution >= 0.6 is 0 Å². The van der Waals surface area contributed by atoms with Crippen LogP contribution in [0.1, 0.15) is 6.92 Å². The quantitative estimate of drug-likeness (QED) is 0.925. The molecule has 3 rings (SSSR count). The summed E-state index contributed by atoms with van der Waals surface area (Å²) in [5, 5.41) is 6.85. The molecule has 21 heavy (non-hydrogen) atoms. The van der Waals surface area contributed by atoms with Gasteiger partial charge in [-0.3, -0.25) is 0 Å². The fourth-order valence-electron chi connectivity index (χ4n) is 2.56. The maximum Gasteiger partial charge on any atom is 0.244 e. The van der Waals surface area contributed by atoms with Gasteiger partial charge in [-0.15, -0.1) is 0 Å². The molecule has 2 aromatic rings. The van der Waals surface area contributed by atoms with Gasteiger partial charge in [-0.2, -0.15) is 4.31 Å². The van der Waals surface area contributed by atoms with Crippen molar-refractivity contribution in [3.05, 3.63) is 36.5 Å². The van der Waals surface area contributed by atoms with Crippen LogP contribution in [0.2, 0.25) is 0 Å². The van der Waals surface area contributed by atoms with E-state index < -0.39 is 10.0 Å². The molecule has 2 heterocycles. The number of nitrogens with zero attached hydrogens (tertiary/aromatic N) is 2. The molecule has 1 N–H and O–H groups in total. The Hall–Kier alpha value is -1.70. The average Bonchev–Trinajstić information content (AvgIpc) is 3.01. The summed E-state index contributed by atoms with van der Waals surface area (Å²) in [5.41, 5.74) is 0.542. The zero-order valence-corrected chi connectivity index (χ0v) is 12.5. The molecule has 0 aliphatic carbocycles. The third-order valence-electron chi connectivity index (χ3n) is 3.62. The Balaban J connectivity index is 2.07. The Bertz CT molecular complexity index is 713. The van der Waals surface area contributed by atoms with Gasteiger partial charge < -0.3 is 9.84 Å². The SMILES string of the molecule is CC1CNCCN1S(=O)(=O)c1ccccc1-c1ccno1. The van der Waals surface area contributed by atoms with Gasteiger partial charge in [0.2, 0.25) is 10.0 Å². The summed E-state index contributed by atoms with van der Waals surface area (Å²) in [5.74, 6) is 0.456. The Labute approximate surface area is 123 Å². The minimum Gasteiger partial charge on any atom is -0.356 e. The van der Waals surface area contributed by atoms with Gasteiger partial charge in [0.1, 0.15) is 0 Å². The summed E-state index contributed by atoms with van der Waals surface area (Å²) < 4.78 is 32.6. The number of hydrogen-bond acceptors (Lipinski definition) is 5. The fourth-order valence-corrected chi connectivity index (χ4v) is 4.39. The molecule has 1 atom stereocenters. The fraction of sp³-hybridized carbons (Fsp3) is 0.357. The lowest BCUT2D eigenvalue weighted by atomic mass is 10.2. The summed E-state index contributed by atoms with van der Waals surface area (Å²) in [4.78, 5) is 0.260. The van der Waals surface area contributed by atoms with Crippen molar-refractivity contribution >= 4 is 10.0 Å². The van der Waals surface area contributed by atoms with Crippen LogP contribution < -0.4 is 5.32 Å². The standard InChI is InChI=1S/C14H17N3O3S/c1-11-10-15-8-9-17(11)21(18,19)14-5-3-2-4-12(14)13-6-7-16-20-13/h2-7,11,15H,8-10H2,1H3. The smallest absolute Gasteiger partial charge is 0.244 e. The van der Waals surface area contributed by atoms with Gasteiger partial charge in [-0.25, -0.2) is 8.42 Å². The van der Waals surface area contributed by atoms with E-state index in [0.717, 1.165) is 0 Å². The Morgan fingerprint density at radius 3 is 2.86 bits per heavy atom. The Morgan fingerprint density at radius 2 is 2.14 bits per heavy atom. The number of rotatable bonds is 3. The molecule has 1 aromatic heterocycles. The summed E-state index contributed by atoms with van der Waals surface area (Å²) in [6.07, 6.45) is 1.51. The van der Waals surface area contributed by atoms with E-state index in [1.165, 1.54) is 6.20 Å². The molecule has 112 valence electrons. The topological polar surface area (TPSA) is 75.4 Å². The second kappa shape index (κ2) is 5.59. The number of nitrogens with one attached hydrogen (secondary N) is 1. The van der Waals surface area contributed by atoms with Crippen LogP contribution in [0.15, 0.2) is 45.9 Å². The van der Waals surface area contributed by atoms with Crippen LogP contribution in [0.4, 0.5) is 0 Å². The highest BCUT2D eigenvalue weighted by molar-refractivity contribution is 7.89. The van der Waals surface area contributed by atoms with Crippen molar-refractivity contribution in [1.82, 2.24) is 14.8 Å². The molecular weight excluding hydrogens is 290 g/mol. The molecule has 6 nitrogen and oxygen atoms in total. The van der Waals surface area contributed by atoms with Gasteiger partial charge >= 0.3 is 0 Å². The number of piperazine rings is 1. The van der Waals surface area contributed by atoms with Crippen molar-refractivity contribution in [1.29, 1.82) is 0 Å². The average molecular weight is 307 g/mol. The van der Waals surface area contributed by atoms with E-state index in [2.05, 4.69) is 10.5 Å². The molecule has 0 saturated carbocycles. The Kier molecular flexibility index (Phi) is 3.79. The van der Waals surface area contributed by atoms with Gasteiger partial charge in [0.15, 0.2) is 5.76 Å². The van der Waals surface area contributed by atoms with Crippen molar-refractivity contribution in [2.24, 2.45) is 0 Å². The largest absolute Gasteiger partial charge is 0.356 e. The molecule has 0 bridgehead atoms. The molecule has 1 unspecified atom stereocenters. The van der Waals surface area contributed by atoms with E-state index in [9.17, 15) is 8.42 Å². The Morgan fingerprint density at radius 1 is 1.33 bits per heavy atom. The van der Waals surface area contributed by atoms with E-state index in [0.29, 0.717) is 31.0 Å². The lowest BCUT2D eigenvalue weighted by molar-refractivity contribution is 0.284. The highest BCUT2D eigenvalue weighted by Gasteiger charge is 2.33. The van der Waals surface area contributed by atoms with Crippen LogP contribution in [0.25, 0.3) is 11.3 Å². The molecule has 1 aliphatic rings. The molecular formula is C14H17N3O3S. The predicted octanol–water partition coefficient (Wildman–Crippen LogP) is 1.32. The molecule has 1 aliphatic heterocycles. The molecule has 0 amide bonds. The first-order valence-corrected chi connectivity index (χ1v) is 8.27. The zero-order chi connectivity index (χ0) is 14.9. The van der Waals surface area contributed by atoms with Crippen molar-refractivity contribution in [2.45, 2.75) is 17.9 Å². The second-order valence-corrected chi connectivity index (χ2v) is 6.90. The van der Waals surface area contributed by atoms with Crippen LogP contribution in [0.3, 0.4) is 0 Å². The zero-order valence-electron chi connectivity index (χ0n) is 11.7. The van der Waals surface area contributed by atoms with Gasteiger partial charge in [0.25, 0.3) is 0 Å². The minimum absolute atomic E-state index is 0.0773. The molecule has 0 radical (unpaired) electrons. The predicted molar refractivity (Wildman–Crippen MR) is 78.2 cm³/mol. The van der Waals surface area contributed by atoms with Gasteiger partial charge in [0.05, 0.1) is 11.1 Å². The third kappa shape index (κ3) is 2.59. The number of benzene rings is 1. The van der Waals surface area contributed by atoms with E-state index in [1.807, 2.05) is 6.92 Å².